The second-order valence-electron chi connectivity index (χ2n) is 2.48. The molecule has 14 heavy (non-hydrogen) atoms. The number of carbonyl (C=O) groups excluding carboxylic acids is 1. The lowest BCUT2D eigenvalue weighted by Gasteiger charge is -2.02. The molecule has 0 aliphatic rings. The van der Waals surface area contributed by atoms with Crippen molar-refractivity contribution in [3.8, 4) is 6.07 Å². The summed E-state index contributed by atoms with van der Waals surface area (Å²) in [6, 6.07) is 4.16. The summed E-state index contributed by atoms with van der Waals surface area (Å²) in [5, 5.41) is 8.74. The molecule has 2 nitrogen and oxygen atoms in total. The Morgan fingerprint density at radius 1 is 1.64 bits per heavy atom. The summed E-state index contributed by atoms with van der Waals surface area (Å²) in [5.74, 6) is -0.756. The van der Waals surface area contributed by atoms with E-state index in [2.05, 4.69) is 15.9 Å². The van der Waals surface area contributed by atoms with Crippen molar-refractivity contribution >= 4 is 44.3 Å². The van der Waals surface area contributed by atoms with Crippen LogP contribution in [0.3, 0.4) is 0 Å². The lowest BCUT2D eigenvalue weighted by molar-refractivity contribution is 0.102. The summed E-state index contributed by atoms with van der Waals surface area (Å²) in [4.78, 5) is 11.3. The van der Waals surface area contributed by atoms with Crippen LogP contribution in [0.1, 0.15) is 15.9 Å². The normalized spacial score (nSPS) is 9.57. The standard InChI is InChI=1S/C9H4BrFINO/c10-3-9(14)6-1-5(4-13)7(11)2-8(6)12/h1-2H,3H2. The molecule has 0 unspecified atom stereocenters. The van der Waals surface area contributed by atoms with E-state index in [1.165, 1.54) is 12.1 Å². The van der Waals surface area contributed by atoms with Gasteiger partial charge in [-0.1, -0.05) is 15.9 Å². The second kappa shape index (κ2) is 4.84. The highest BCUT2D eigenvalue weighted by Crippen LogP contribution is 2.18. The van der Waals surface area contributed by atoms with Gasteiger partial charge in [-0.15, -0.1) is 0 Å². The molecule has 0 aliphatic carbocycles. The fourth-order valence-electron chi connectivity index (χ4n) is 0.920. The molecule has 0 aromatic heterocycles. The van der Waals surface area contributed by atoms with Crippen LogP contribution in [0.2, 0.25) is 0 Å². The van der Waals surface area contributed by atoms with Gasteiger partial charge >= 0.3 is 0 Å². The second-order valence-corrected chi connectivity index (χ2v) is 4.20. The first kappa shape index (κ1) is 11.6. The average Bonchev–Trinajstić information content (AvgIpc) is 2.17. The summed E-state index contributed by atoms with van der Waals surface area (Å²) in [6.45, 7) is 0. The van der Waals surface area contributed by atoms with E-state index >= 15 is 0 Å². The van der Waals surface area contributed by atoms with E-state index in [1.807, 2.05) is 22.6 Å². The van der Waals surface area contributed by atoms with Gasteiger partial charge in [0.25, 0.3) is 0 Å². The third-order valence-electron chi connectivity index (χ3n) is 1.60. The van der Waals surface area contributed by atoms with Gasteiger partial charge in [-0.2, -0.15) is 5.26 Å². The fourth-order valence-corrected chi connectivity index (χ4v) is 1.95. The Kier molecular flexibility index (Phi) is 4.01. The minimum absolute atomic E-state index is 0.102. The summed E-state index contributed by atoms with van der Waals surface area (Å²) in [6.07, 6.45) is 0. The number of hydrogen-bond acceptors (Lipinski definition) is 2. The molecule has 0 fully saturated rings. The van der Waals surface area contributed by atoms with Gasteiger partial charge in [0.15, 0.2) is 5.78 Å². The number of halogens is 3. The van der Waals surface area contributed by atoms with Crippen LogP contribution in [-0.2, 0) is 0 Å². The Morgan fingerprint density at radius 2 is 2.29 bits per heavy atom. The number of nitrogens with zero attached hydrogens (tertiary/aromatic N) is 1. The van der Waals surface area contributed by atoms with E-state index in [-0.39, 0.29) is 16.7 Å². The van der Waals surface area contributed by atoms with E-state index in [4.69, 9.17) is 5.26 Å². The largest absolute Gasteiger partial charge is 0.293 e. The Morgan fingerprint density at radius 3 is 2.79 bits per heavy atom. The maximum atomic E-state index is 13.0. The highest BCUT2D eigenvalue weighted by atomic mass is 127. The topological polar surface area (TPSA) is 40.9 Å². The summed E-state index contributed by atoms with van der Waals surface area (Å²) >= 11 is 4.89. The molecule has 1 aromatic rings. The molecule has 0 heterocycles. The van der Waals surface area contributed by atoms with Gasteiger partial charge in [0.2, 0.25) is 0 Å². The molecule has 0 bridgehead atoms. The van der Waals surface area contributed by atoms with Gasteiger partial charge in [0.1, 0.15) is 11.9 Å². The van der Waals surface area contributed by atoms with Crippen LogP contribution in [0.5, 0.6) is 0 Å². The van der Waals surface area contributed by atoms with Crippen LogP contribution in [0.25, 0.3) is 0 Å². The Bertz CT molecular complexity index is 428. The minimum atomic E-state index is -0.594. The molecular weight excluding hydrogens is 364 g/mol. The predicted molar refractivity (Wildman–Crippen MR) is 62.0 cm³/mol. The fraction of sp³-hybridized carbons (Fsp3) is 0.111. The van der Waals surface area contributed by atoms with Gasteiger partial charge in [0.05, 0.1) is 10.9 Å². The Balaban J connectivity index is 3.33. The van der Waals surface area contributed by atoms with Crippen LogP contribution in [-0.4, -0.2) is 11.1 Å². The number of Topliss-reactive ketones (excluding diaryl/α,β-unsaturated/α-hetero) is 1. The third kappa shape index (κ3) is 2.30. The molecule has 0 amide bonds. The summed E-state index contributed by atoms with van der Waals surface area (Å²) < 4.78 is 13.6. The number of hydrogen-bond donors (Lipinski definition) is 0. The molecule has 1 aromatic carbocycles. The van der Waals surface area contributed by atoms with Gasteiger partial charge in [-0.3, -0.25) is 4.79 Å². The van der Waals surface area contributed by atoms with Crippen molar-refractivity contribution in [3.05, 3.63) is 32.6 Å². The maximum Gasteiger partial charge on any atom is 0.174 e. The van der Waals surface area contributed by atoms with E-state index in [0.717, 1.165) is 0 Å². The molecule has 72 valence electrons. The molecule has 0 spiro atoms. The number of nitriles is 1. The van der Waals surface area contributed by atoms with E-state index in [0.29, 0.717) is 9.13 Å². The molecule has 1 rings (SSSR count). The van der Waals surface area contributed by atoms with Gasteiger partial charge in [-0.25, -0.2) is 4.39 Å². The molecule has 0 N–H and O–H groups in total. The quantitative estimate of drug-likeness (QED) is 0.458. The van der Waals surface area contributed by atoms with Crippen molar-refractivity contribution in [2.75, 3.05) is 5.33 Å². The number of carbonyl (C=O) groups is 1. The van der Waals surface area contributed by atoms with Crippen LogP contribution in [0, 0.1) is 20.7 Å². The average molecular weight is 368 g/mol. The first-order chi connectivity index (χ1) is 6.60. The van der Waals surface area contributed by atoms with E-state index in [1.54, 1.807) is 6.07 Å². The number of alkyl halides is 1. The molecule has 0 atom stereocenters. The van der Waals surface area contributed by atoms with E-state index < -0.39 is 5.82 Å². The zero-order chi connectivity index (χ0) is 10.7. The first-order valence-corrected chi connectivity index (χ1v) is 5.78. The van der Waals surface area contributed by atoms with Crippen molar-refractivity contribution in [3.63, 3.8) is 0 Å². The predicted octanol–water partition coefficient (Wildman–Crippen LogP) is 2.88. The minimum Gasteiger partial charge on any atom is -0.293 e. The molecule has 0 saturated carbocycles. The van der Waals surface area contributed by atoms with Crippen LogP contribution in [0.15, 0.2) is 12.1 Å². The SMILES string of the molecule is N#Cc1cc(C(=O)CBr)c(I)cc1F. The lowest BCUT2D eigenvalue weighted by Crippen LogP contribution is -2.04. The number of benzene rings is 1. The summed E-state index contributed by atoms with van der Waals surface area (Å²) in [5.41, 5.74) is 0.273. The molecule has 0 saturated heterocycles. The molecule has 5 heteroatoms. The monoisotopic (exact) mass is 367 g/mol. The van der Waals surface area contributed by atoms with Gasteiger partial charge in [-0.05, 0) is 34.7 Å². The van der Waals surface area contributed by atoms with E-state index in [9.17, 15) is 9.18 Å². The van der Waals surface area contributed by atoms with Crippen molar-refractivity contribution in [1.82, 2.24) is 0 Å². The van der Waals surface area contributed by atoms with Crippen molar-refractivity contribution in [1.29, 1.82) is 5.26 Å². The zero-order valence-electron chi connectivity index (χ0n) is 6.85. The molecular formula is C9H4BrFINO. The Hall–Kier alpha value is -0.480. The zero-order valence-corrected chi connectivity index (χ0v) is 10.6. The van der Waals surface area contributed by atoms with Crippen LogP contribution >= 0.6 is 38.5 Å². The van der Waals surface area contributed by atoms with Crippen LogP contribution in [0.4, 0.5) is 4.39 Å². The highest BCUT2D eigenvalue weighted by Gasteiger charge is 2.12. The smallest absolute Gasteiger partial charge is 0.174 e. The highest BCUT2D eigenvalue weighted by molar-refractivity contribution is 14.1. The maximum absolute atomic E-state index is 13.0. The lowest BCUT2D eigenvalue weighted by atomic mass is 10.1. The Labute approximate surface area is 102 Å². The number of rotatable bonds is 2. The van der Waals surface area contributed by atoms with Crippen molar-refractivity contribution < 1.29 is 9.18 Å². The molecule has 0 radical (unpaired) electrons. The molecule has 0 aliphatic heterocycles. The van der Waals surface area contributed by atoms with Crippen molar-refractivity contribution in [2.45, 2.75) is 0 Å². The number of ketones is 1. The van der Waals surface area contributed by atoms with Gasteiger partial charge < -0.3 is 0 Å². The van der Waals surface area contributed by atoms with Crippen molar-refractivity contribution in [2.24, 2.45) is 0 Å². The first-order valence-electron chi connectivity index (χ1n) is 3.58. The summed E-state index contributed by atoms with van der Waals surface area (Å²) in [7, 11) is 0. The third-order valence-corrected chi connectivity index (χ3v) is 3.00. The van der Waals surface area contributed by atoms with Gasteiger partial charge in [0, 0.05) is 9.13 Å². The van der Waals surface area contributed by atoms with Crippen LogP contribution < -0.4 is 0 Å².